The van der Waals surface area contributed by atoms with Crippen molar-refractivity contribution in [2.24, 2.45) is 0 Å². The maximum Gasteiger partial charge on any atom is 0.342 e. The van der Waals surface area contributed by atoms with Crippen molar-refractivity contribution in [3.05, 3.63) is 41.6 Å². The summed E-state index contributed by atoms with van der Waals surface area (Å²) < 4.78 is 27.6. The van der Waals surface area contributed by atoms with E-state index in [9.17, 15) is 4.79 Å². The van der Waals surface area contributed by atoms with Crippen LogP contribution < -0.4 is 19.1 Å². The van der Waals surface area contributed by atoms with Crippen molar-refractivity contribution < 1.29 is 28.5 Å². The molecular formula is C24H24N2O6. The summed E-state index contributed by atoms with van der Waals surface area (Å²) in [6.07, 6.45) is 1.84. The number of fused-ring (bicyclic) bond motifs is 2. The number of rotatable bonds is 5. The number of benzene rings is 2. The Morgan fingerprint density at radius 3 is 2.28 bits per heavy atom. The lowest BCUT2D eigenvalue weighted by Crippen LogP contribution is -2.36. The van der Waals surface area contributed by atoms with Crippen LogP contribution in [0.5, 0.6) is 17.2 Å². The molecule has 5 rings (SSSR count). The summed E-state index contributed by atoms with van der Waals surface area (Å²) >= 11 is 0. The molecule has 1 aromatic heterocycles. The maximum absolute atomic E-state index is 12.6. The van der Waals surface area contributed by atoms with Crippen LogP contribution in [0.4, 0.5) is 5.82 Å². The van der Waals surface area contributed by atoms with Gasteiger partial charge in [0.1, 0.15) is 23.7 Å². The van der Waals surface area contributed by atoms with Crippen LogP contribution in [0.3, 0.4) is 0 Å². The molecule has 2 aromatic carbocycles. The largest absolute Gasteiger partial charge is 0.495 e. The van der Waals surface area contributed by atoms with Gasteiger partial charge in [-0.2, -0.15) is 0 Å². The van der Waals surface area contributed by atoms with Crippen LogP contribution in [0, 0.1) is 0 Å². The minimum Gasteiger partial charge on any atom is -0.495 e. The van der Waals surface area contributed by atoms with Gasteiger partial charge in [0.25, 0.3) is 0 Å². The highest BCUT2D eigenvalue weighted by Crippen LogP contribution is 2.47. The molecule has 8 nitrogen and oxygen atoms in total. The smallest absolute Gasteiger partial charge is 0.342 e. The van der Waals surface area contributed by atoms with Gasteiger partial charge in [0.2, 0.25) is 0 Å². The van der Waals surface area contributed by atoms with Gasteiger partial charge >= 0.3 is 5.97 Å². The second kappa shape index (κ2) is 8.20. The van der Waals surface area contributed by atoms with Crippen molar-refractivity contribution >= 4 is 22.6 Å². The van der Waals surface area contributed by atoms with Crippen molar-refractivity contribution in [2.45, 2.75) is 6.61 Å². The molecule has 0 bridgehead atoms. The zero-order valence-corrected chi connectivity index (χ0v) is 18.3. The summed E-state index contributed by atoms with van der Waals surface area (Å²) in [6.45, 7) is 3.19. The Morgan fingerprint density at radius 1 is 0.938 bits per heavy atom. The first-order chi connectivity index (χ1) is 15.7. The van der Waals surface area contributed by atoms with Crippen LogP contribution in [0.2, 0.25) is 0 Å². The number of hydrogen-bond donors (Lipinski definition) is 0. The van der Waals surface area contributed by atoms with E-state index in [1.807, 2.05) is 30.5 Å². The van der Waals surface area contributed by atoms with Crippen LogP contribution in [-0.2, 0) is 16.1 Å². The Balaban J connectivity index is 1.74. The molecule has 0 N–H and O–H groups in total. The van der Waals surface area contributed by atoms with Crippen LogP contribution in [0.25, 0.3) is 21.9 Å². The molecule has 0 unspecified atom stereocenters. The van der Waals surface area contributed by atoms with E-state index in [4.69, 9.17) is 28.7 Å². The third-order valence-electron chi connectivity index (χ3n) is 6.00. The number of carbonyl (C=O) groups is 1. The van der Waals surface area contributed by atoms with E-state index in [0.717, 1.165) is 46.4 Å². The summed E-state index contributed by atoms with van der Waals surface area (Å²) in [5, 5.41) is 1.62. The van der Waals surface area contributed by atoms with Gasteiger partial charge in [-0.25, -0.2) is 9.78 Å². The Morgan fingerprint density at radius 2 is 1.66 bits per heavy atom. The number of anilines is 1. The Bertz CT molecular complexity index is 1190. The van der Waals surface area contributed by atoms with E-state index >= 15 is 0 Å². The molecule has 166 valence electrons. The monoisotopic (exact) mass is 436 g/mol. The fourth-order valence-electron chi connectivity index (χ4n) is 4.46. The van der Waals surface area contributed by atoms with E-state index in [1.165, 1.54) is 0 Å². The highest BCUT2D eigenvalue weighted by Gasteiger charge is 2.32. The lowest BCUT2D eigenvalue weighted by molar-refractivity contribution is 0.0533. The maximum atomic E-state index is 12.6. The molecule has 0 radical (unpaired) electrons. The van der Waals surface area contributed by atoms with Crippen molar-refractivity contribution in [1.82, 2.24) is 4.98 Å². The molecule has 32 heavy (non-hydrogen) atoms. The number of aromatic nitrogens is 1. The molecule has 0 aliphatic carbocycles. The molecule has 0 saturated carbocycles. The molecule has 0 spiro atoms. The third-order valence-corrected chi connectivity index (χ3v) is 6.00. The summed E-state index contributed by atoms with van der Waals surface area (Å²) in [5.74, 6) is 2.12. The Kier molecular flexibility index (Phi) is 5.22. The number of pyridine rings is 1. The molecule has 1 fully saturated rings. The van der Waals surface area contributed by atoms with E-state index in [0.29, 0.717) is 36.0 Å². The number of nitrogens with zero attached hydrogens (tertiary/aromatic N) is 2. The Labute approximate surface area is 185 Å². The number of hydrogen-bond acceptors (Lipinski definition) is 8. The Hall–Kier alpha value is -3.52. The van der Waals surface area contributed by atoms with Gasteiger partial charge in [0.05, 0.1) is 34.5 Å². The topological polar surface area (TPSA) is 79.4 Å². The van der Waals surface area contributed by atoms with E-state index in [2.05, 4.69) is 4.90 Å². The van der Waals surface area contributed by atoms with Crippen LogP contribution >= 0.6 is 0 Å². The molecule has 3 aromatic rings. The van der Waals surface area contributed by atoms with Crippen LogP contribution in [0.1, 0.15) is 15.9 Å². The molecular weight excluding hydrogens is 412 g/mol. The van der Waals surface area contributed by atoms with Gasteiger partial charge in [0, 0.05) is 35.8 Å². The van der Waals surface area contributed by atoms with E-state index in [-0.39, 0.29) is 6.61 Å². The summed E-state index contributed by atoms with van der Waals surface area (Å²) in [4.78, 5) is 19.5. The summed E-state index contributed by atoms with van der Waals surface area (Å²) in [5.41, 5.74) is 2.99. The van der Waals surface area contributed by atoms with Gasteiger partial charge in [-0.3, -0.25) is 0 Å². The third kappa shape index (κ3) is 3.18. The lowest BCUT2D eigenvalue weighted by Gasteiger charge is -2.27. The predicted octanol–water partition coefficient (Wildman–Crippen LogP) is 3.43. The minimum atomic E-state index is -0.396. The second-order valence-corrected chi connectivity index (χ2v) is 7.60. The van der Waals surface area contributed by atoms with Gasteiger partial charge in [-0.1, -0.05) is 0 Å². The fourth-order valence-corrected chi connectivity index (χ4v) is 4.46. The van der Waals surface area contributed by atoms with Gasteiger partial charge in [-0.15, -0.1) is 0 Å². The van der Waals surface area contributed by atoms with E-state index < -0.39 is 5.97 Å². The molecule has 0 amide bonds. The first kappa shape index (κ1) is 20.4. The number of esters is 1. The van der Waals surface area contributed by atoms with E-state index in [1.54, 1.807) is 21.3 Å². The zero-order chi connectivity index (χ0) is 22.2. The van der Waals surface area contributed by atoms with Crippen molar-refractivity contribution in [1.29, 1.82) is 0 Å². The first-order valence-electron chi connectivity index (χ1n) is 10.4. The summed E-state index contributed by atoms with van der Waals surface area (Å²) in [7, 11) is 4.72. The standard InChI is InChI=1S/C24H24N2O6/c1-28-18-10-15-16(11-19(18)29-2)23(30-3)22-17(13-32-24(22)27)21(15)14-4-5-20(25-12-14)26-6-8-31-9-7-26/h4-5,10-12H,6-9,13H2,1-3H3. The minimum absolute atomic E-state index is 0.176. The number of ether oxygens (including phenoxy) is 5. The molecule has 3 heterocycles. The highest BCUT2D eigenvalue weighted by molar-refractivity contribution is 6.12. The number of methoxy groups -OCH3 is 3. The predicted molar refractivity (Wildman–Crippen MR) is 119 cm³/mol. The summed E-state index contributed by atoms with van der Waals surface area (Å²) in [6, 6.07) is 7.77. The zero-order valence-electron chi connectivity index (χ0n) is 18.3. The SMILES string of the molecule is COc1cc2c(OC)c3c(c(-c4ccc(N5CCOCC5)nc4)c2cc1OC)COC3=O. The number of morpholine rings is 1. The number of cyclic esters (lactones) is 1. The quantitative estimate of drug-likeness (QED) is 0.563. The lowest BCUT2D eigenvalue weighted by atomic mass is 9.90. The van der Waals surface area contributed by atoms with Gasteiger partial charge < -0.3 is 28.6 Å². The van der Waals surface area contributed by atoms with Crippen molar-refractivity contribution in [3.63, 3.8) is 0 Å². The van der Waals surface area contributed by atoms with Crippen LogP contribution in [-0.4, -0.2) is 58.6 Å². The molecule has 0 atom stereocenters. The first-order valence-corrected chi connectivity index (χ1v) is 10.4. The molecule has 1 saturated heterocycles. The second-order valence-electron chi connectivity index (χ2n) is 7.60. The molecule has 8 heteroatoms. The number of carbonyl (C=O) groups excluding carboxylic acids is 1. The van der Waals surface area contributed by atoms with Gasteiger partial charge in [0.15, 0.2) is 11.5 Å². The van der Waals surface area contributed by atoms with Crippen LogP contribution in [0.15, 0.2) is 30.5 Å². The molecule has 2 aliphatic heterocycles. The van der Waals surface area contributed by atoms with Gasteiger partial charge in [-0.05, 0) is 35.2 Å². The highest BCUT2D eigenvalue weighted by atomic mass is 16.5. The average Bonchev–Trinajstić information content (AvgIpc) is 3.23. The normalized spacial score (nSPS) is 15.5. The molecule has 2 aliphatic rings. The average molecular weight is 436 g/mol. The fraction of sp³-hybridized carbons (Fsp3) is 0.333. The van der Waals surface area contributed by atoms with Crippen molar-refractivity contribution in [3.8, 4) is 28.4 Å². The van der Waals surface area contributed by atoms with Crippen molar-refractivity contribution in [2.75, 3.05) is 52.5 Å².